The van der Waals surface area contributed by atoms with Gasteiger partial charge in [0.25, 0.3) is 11.5 Å². The number of rotatable bonds is 5. The molecule has 0 radical (unpaired) electrons. The van der Waals surface area contributed by atoms with E-state index in [0.29, 0.717) is 17.2 Å². The van der Waals surface area contributed by atoms with E-state index in [-0.39, 0.29) is 29.6 Å². The van der Waals surface area contributed by atoms with E-state index in [1.54, 1.807) is 28.8 Å². The van der Waals surface area contributed by atoms with Crippen molar-refractivity contribution in [1.29, 1.82) is 0 Å². The van der Waals surface area contributed by atoms with Gasteiger partial charge in [0.05, 0.1) is 17.1 Å². The zero-order valence-corrected chi connectivity index (χ0v) is 19.8. The zero-order valence-electron chi connectivity index (χ0n) is 19.8. The van der Waals surface area contributed by atoms with Crippen molar-refractivity contribution in [3.05, 3.63) is 69.0 Å². The molecule has 3 heterocycles. The lowest BCUT2D eigenvalue weighted by Gasteiger charge is -2.14. The fraction of sp³-hybridized carbons (Fsp3) is 0.333. The van der Waals surface area contributed by atoms with Crippen LogP contribution in [-0.4, -0.2) is 36.2 Å². The molecule has 0 spiro atoms. The molecule has 0 atom stereocenters. The van der Waals surface area contributed by atoms with Crippen LogP contribution in [0.15, 0.2) is 35.1 Å². The molecule has 3 aromatic heterocycles. The molecule has 0 saturated heterocycles. The highest BCUT2D eigenvalue weighted by Gasteiger charge is 2.19. The van der Waals surface area contributed by atoms with Crippen molar-refractivity contribution in [2.45, 2.75) is 53.5 Å². The number of amides is 2. The number of hydrogen-bond acceptors (Lipinski definition) is 6. The van der Waals surface area contributed by atoms with Crippen LogP contribution in [0.1, 0.15) is 59.4 Å². The largest absolute Gasteiger partial charge is 0.290 e. The summed E-state index contributed by atoms with van der Waals surface area (Å²) in [5.41, 5.74) is 9.03. The second kappa shape index (κ2) is 9.05. The van der Waals surface area contributed by atoms with E-state index < -0.39 is 5.91 Å². The van der Waals surface area contributed by atoms with E-state index in [1.807, 2.05) is 40.7 Å². The van der Waals surface area contributed by atoms with Crippen LogP contribution < -0.4 is 16.4 Å². The van der Waals surface area contributed by atoms with E-state index in [0.717, 1.165) is 28.3 Å². The molecule has 34 heavy (non-hydrogen) atoms. The minimum atomic E-state index is -0.596. The number of benzene rings is 1. The molecule has 0 aliphatic carbocycles. The Kier molecular flexibility index (Phi) is 6.14. The second-order valence-corrected chi connectivity index (χ2v) is 8.56. The molecule has 1 aromatic carbocycles. The van der Waals surface area contributed by atoms with Crippen molar-refractivity contribution >= 4 is 28.2 Å². The van der Waals surface area contributed by atoms with E-state index in [4.69, 9.17) is 0 Å². The van der Waals surface area contributed by atoms with Crippen molar-refractivity contribution in [2.24, 2.45) is 0 Å². The summed E-state index contributed by atoms with van der Waals surface area (Å²) in [6.45, 7) is 9.39. The van der Waals surface area contributed by atoms with Crippen molar-refractivity contribution in [3.8, 4) is 0 Å². The Bertz CT molecular complexity index is 1480. The van der Waals surface area contributed by atoms with E-state index in [9.17, 15) is 14.4 Å². The minimum Gasteiger partial charge on any atom is -0.273 e. The Balaban J connectivity index is 1.48. The van der Waals surface area contributed by atoms with Gasteiger partial charge in [0.1, 0.15) is 0 Å². The first kappa shape index (κ1) is 23.1. The number of fused-ring (bicyclic) bond motifs is 2. The molecular weight excluding hydrogens is 434 g/mol. The molecule has 2 amide bonds. The standard InChI is InChI=1S/C24H27N7O3/c1-13(2)30-24(34)19-9-7-6-8-18(19)22(29-30)23(33)27-26-21(32)11-10-17-15(4)25-20-12-14(3)28-31(20)16(17)5/h6-9,12-13H,10-11H2,1-5H3,(H,26,32)(H,27,33). The summed E-state index contributed by atoms with van der Waals surface area (Å²) in [4.78, 5) is 42.6. The summed E-state index contributed by atoms with van der Waals surface area (Å²) in [5, 5.41) is 9.52. The number of carbonyl (C=O) groups excluding carboxylic acids is 2. The van der Waals surface area contributed by atoms with Gasteiger partial charge in [-0.25, -0.2) is 14.2 Å². The van der Waals surface area contributed by atoms with Crippen LogP contribution in [-0.2, 0) is 11.2 Å². The molecule has 4 rings (SSSR count). The normalized spacial score (nSPS) is 11.4. The Hall–Kier alpha value is -4.08. The molecule has 0 saturated carbocycles. The highest BCUT2D eigenvalue weighted by atomic mass is 16.2. The molecule has 176 valence electrons. The zero-order chi connectivity index (χ0) is 24.6. The molecular formula is C24H27N7O3. The van der Waals surface area contributed by atoms with Crippen molar-refractivity contribution in [3.63, 3.8) is 0 Å². The number of carbonyl (C=O) groups is 2. The van der Waals surface area contributed by atoms with E-state index >= 15 is 0 Å². The second-order valence-electron chi connectivity index (χ2n) is 8.56. The van der Waals surface area contributed by atoms with Gasteiger partial charge in [-0.2, -0.15) is 10.2 Å². The maximum Gasteiger partial charge on any atom is 0.290 e. The highest BCUT2D eigenvalue weighted by Crippen LogP contribution is 2.17. The summed E-state index contributed by atoms with van der Waals surface area (Å²) in [6.07, 6.45) is 0.593. The van der Waals surface area contributed by atoms with Crippen LogP contribution in [0.3, 0.4) is 0 Å². The smallest absolute Gasteiger partial charge is 0.273 e. The summed E-state index contributed by atoms with van der Waals surface area (Å²) < 4.78 is 3.04. The molecule has 0 aliphatic rings. The monoisotopic (exact) mass is 461 g/mol. The first-order valence-corrected chi connectivity index (χ1v) is 11.1. The molecule has 4 aromatic rings. The Morgan fingerprint density at radius 1 is 1.03 bits per heavy atom. The SMILES string of the molecule is Cc1cc2nc(C)c(CCC(=O)NNC(=O)c3nn(C(C)C)c(=O)c4ccccc34)c(C)n2n1. The van der Waals surface area contributed by atoms with Gasteiger partial charge in [-0.1, -0.05) is 18.2 Å². The molecule has 0 aliphatic heterocycles. The van der Waals surface area contributed by atoms with Gasteiger partial charge in [-0.05, 0) is 52.7 Å². The molecule has 10 heteroatoms. The average Bonchev–Trinajstić information content (AvgIpc) is 3.17. The fourth-order valence-corrected chi connectivity index (χ4v) is 4.01. The molecule has 0 unspecified atom stereocenters. The third-order valence-electron chi connectivity index (χ3n) is 5.74. The van der Waals surface area contributed by atoms with Crippen LogP contribution in [0.2, 0.25) is 0 Å². The van der Waals surface area contributed by atoms with Crippen molar-refractivity contribution in [2.75, 3.05) is 0 Å². The lowest BCUT2D eigenvalue weighted by Crippen LogP contribution is -2.43. The molecule has 10 nitrogen and oxygen atoms in total. The minimum absolute atomic E-state index is 0.0691. The summed E-state index contributed by atoms with van der Waals surface area (Å²) >= 11 is 0. The first-order chi connectivity index (χ1) is 16.2. The molecule has 0 fully saturated rings. The fourth-order valence-electron chi connectivity index (χ4n) is 4.01. The average molecular weight is 462 g/mol. The number of nitrogens with zero attached hydrogens (tertiary/aromatic N) is 5. The van der Waals surface area contributed by atoms with Gasteiger partial charge in [0.15, 0.2) is 11.3 Å². The van der Waals surface area contributed by atoms with Gasteiger partial charge in [-0.3, -0.25) is 25.2 Å². The lowest BCUT2D eigenvalue weighted by atomic mass is 10.1. The molecule has 2 N–H and O–H groups in total. The predicted molar refractivity (Wildman–Crippen MR) is 128 cm³/mol. The van der Waals surface area contributed by atoms with Gasteiger partial charge in [-0.15, -0.1) is 0 Å². The first-order valence-electron chi connectivity index (χ1n) is 11.1. The van der Waals surface area contributed by atoms with Crippen molar-refractivity contribution in [1.82, 2.24) is 35.2 Å². The topological polar surface area (TPSA) is 123 Å². The van der Waals surface area contributed by atoms with Crippen LogP contribution in [0.25, 0.3) is 16.4 Å². The van der Waals surface area contributed by atoms with Crippen LogP contribution in [0.4, 0.5) is 0 Å². The Labute approximate surface area is 196 Å². The van der Waals surface area contributed by atoms with Gasteiger partial charge >= 0.3 is 0 Å². The van der Waals surface area contributed by atoms with E-state index in [2.05, 4.69) is 26.0 Å². The third kappa shape index (κ3) is 4.26. The maximum absolute atomic E-state index is 12.9. The highest BCUT2D eigenvalue weighted by molar-refractivity contribution is 6.05. The summed E-state index contributed by atoms with van der Waals surface area (Å²) in [6, 6.07) is 8.47. The Morgan fingerprint density at radius 3 is 2.44 bits per heavy atom. The van der Waals surface area contributed by atoms with Crippen LogP contribution in [0.5, 0.6) is 0 Å². The predicted octanol–water partition coefficient (Wildman–Crippen LogP) is 2.34. The van der Waals surface area contributed by atoms with Crippen LogP contribution >= 0.6 is 0 Å². The molecule has 0 bridgehead atoms. The number of nitrogens with one attached hydrogen (secondary N) is 2. The van der Waals surface area contributed by atoms with Crippen molar-refractivity contribution < 1.29 is 9.59 Å². The van der Waals surface area contributed by atoms with Gasteiger partial charge in [0.2, 0.25) is 5.91 Å². The number of hydrazine groups is 1. The summed E-state index contributed by atoms with van der Waals surface area (Å²) in [5.74, 6) is -0.952. The van der Waals surface area contributed by atoms with Gasteiger partial charge < -0.3 is 0 Å². The van der Waals surface area contributed by atoms with E-state index in [1.165, 1.54) is 4.68 Å². The van der Waals surface area contributed by atoms with Gasteiger partial charge in [0, 0.05) is 29.3 Å². The number of aromatic nitrogens is 5. The maximum atomic E-state index is 12.9. The number of hydrogen-bond donors (Lipinski definition) is 2. The quantitative estimate of drug-likeness (QED) is 0.440. The van der Waals surface area contributed by atoms with Crippen LogP contribution in [0, 0.1) is 20.8 Å². The summed E-state index contributed by atoms with van der Waals surface area (Å²) in [7, 11) is 0. The Morgan fingerprint density at radius 2 is 1.74 bits per heavy atom. The third-order valence-corrected chi connectivity index (χ3v) is 5.74. The number of aryl methyl sites for hydroxylation is 3. The lowest BCUT2D eigenvalue weighted by molar-refractivity contribution is -0.121.